The van der Waals surface area contributed by atoms with Crippen molar-refractivity contribution in [2.45, 2.75) is 27.7 Å². The molecule has 0 bridgehead atoms. The SMILES string of the molecule is Cc1ccc(C#Cc2ccc(C)c(C)c2C)cc1. The lowest BCUT2D eigenvalue weighted by Crippen LogP contribution is -1.90. The van der Waals surface area contributed by atoms with Gasteiger partial charge in [-0.1, -0.05) is 35.6 Å². The van der Waals surface area contributed by atoms with Crippen LogP contribution in [0.5, 0.6) is 0 Å². The minimum Gasteiger partial charge on any atom is -0.0616 e. The molecule has 0 spiro atoms. The predicted octanol–water partition coefficient (Wildman–Crippen LogP) is 4.32. The van der Waals surface area contributed by atoms with Crippen LogP contribution in [0.3, 0.4) is 0 Å². The first kappa shape index (κ1) is 12.5. The van der Waals surface area contributed by atoms with Gasteiger partial charge in [-0.2, -0.15) is 0 Å². The Balaban J connectivity index is 2.36. The minimum absolute atomic E-state index is 1.07. The van der Waals surface area contributed by atoms with E-state index in [9.17, 15) is 0 Å². The molecule has 0 radical (unpaired) electrons. The van der Waals surface area contributed by atoms with Gasteiger partial charge >= 0.3 is 0 Å². The number of aryl methyl sites for hydroxylation is 2. The summed E-state index contributed by atoms with van der Waals surface area (Å²) >= 11 is 0. The van der Waals surface area contributed by atoms with E-state index in [4.69, 9.17) is 0 Å². The van der Waals surface area contributed by atoms with Gasteiger partial charge in [-0.25, -0.2) is 0 Å². The Morgan fingerprint density at radius 3 is 2.00 bits per heavy atom. The lowest BCUT2D eigenvalue weighted by Gasteiger charge is -2.06. The van der Waals surface area contributed by atoms with E-state index >= 15 is 0 Å². The summed E-state index contributed by atoms with van der Waals surface area (Å²) in [6.07, 6.45) is 0. The largest absolute Gasteiger partial charge is 0.0616 e. The second kappa shape index (κ2) is 5.10. The Morgan fingerprint density at radius 2 is 1.33 bits per heavy atom. The Hall–Kier alpha value is -2.00. The summed E-state index contributed by atoms with van der Waals surface area (Å²) in [6, 6.07) is 12.6. The molecule has 2 aromatic rings. The van der Waals surface area contributed by atoms with Crippen molar-refractivity contribution in [3.8, 4) is 11.8 Å². The van der Waals surface area contributed by atoms with Crippen molar-refractivity contribution in [1.82, 2.24) is 0 Å². The van der Waals surface area contributed by atoms with Crippen LogP contribution in [0.15, 0.2) is 36.4 Å². The molecule has 0 N–H and O–H groups in total. The molecule has 0 fully saturated rings. The van der Waals surface area contributed by atoms with Crippen LogP contribution in [-0.2, 0) is 0 Å². The maximum Gasteiger partial charge on any atom is 0.0281 e. The summed E-state index contributed by atoms with van der Waals surface area (Å²) in [6.45, 7) is 8.52. The Labute approximate surface area is 110 Å². The van der Waals surface area contributed by atoms with Crippen molar-refractivity contribution >= 4 is 0 Å². The maximum absolute atomic E-state index is 3.27. The zero-order chi connectivity index (χ0) is 13.1. The van der Waals surface area contributed by atoms with E-state index in [2.05, 4.69) is 75.9 Å². The third-order valence-electron chi connectivity index (χ3n) is 3.45. The lowest BCUT2D eigenvalue weighted by molar-refractivity contribution is 1.25. The number of hydrogen-bond acceptors (Lipinski definition) is 0. The summed E-state index contributed by atoms with van der Waals surface area (Å²) < 4.78 is 0. The van der Waals surface area contributed by atoms with Crippen LogP contribution in [0.25, 0.3) is 0 Å². The van der Waals surface area contributed by atoms with E-state index in [0.29, 0.717) is 0 Å². The van der Waals surface area contributed by atoms with Crippen LogP contribution in [0.1, 0.15) is 33.4 Å². The van der Waals surface area contributed by atoms with Gasteiger partial charge in [0.2, 0.25) is 0 Å². The van der Waals surface area contributed by atoms with Gasteiger partial charge in [0, 0.05) is 11.1 Å². The van der Waals surface area contributed by atoms with E-state index < -0.39 is 0 Å². The Kier molecular flexibility index (Phi) is 3.53. The smallest absolute Gasteiger partial charge is 0.0281 e. The summed E-state index contributed by atoms with van der Waals surface area (Å²) in [5, 5.41) is 0. The van der Waals surface area contributed by atoms with Crippen LogP contribution in [0, 0.1) is 39.5 Å². The van der Waals surface area contributed by atoms with Gasteiger partial charge in [-0.15, -0.1) is 0 Å². The fourth-order valence-electron chi connectivity index (χ4n) is 1.87. The molecule has 0 aliphatic rings. The highest BCUT2D eigenvalue weighted by Gasteiger charge is 2.00. The molecule has 0 nitrogen and oxygen atoms in total. The normalized spacial score (nSPS) is 9.78. The van der Waals surface area contributed by atoms with Crippen LogP contribution < -0.4 is 0 Å². The van der Waals surface area contributed by atoms with Gasteiger partial charge in [0.05, 0.1) is 0 Å². The molecule has 0 atom stereocenters. The molecule has 0 heterocycles. The monoisotopic (exact) mass is 234 g/mol. The molecular formula is C18H18. The Morgan fingerprint density at radius 1 is 0.667 bits per heavy atom. The average molecular weight is 234 g/mol. The standard InChI is InChI=1S/C18H18/c1-13-5-8-17(9-6-13)10-12-18-11-7-14(2)15(3)16(18)4/h5-9,11H,1-4H3. The molecule has 2 rings (SSSR count). The second-order valence-corrected chi connectivity index (χ2v) is 4.80. The van der Waals surface area contributed by atoms with E-state index in [1.165, 1.54) is 22.3 Å². The van der Waals surface area contributed by atoms with E-state index in [0.717, 1.165) is 11.1 Å². The first-order valence-electron chi connectivity index (χ1n) is 6.23. The number of hydrogen-bond donors (Lipinski definition) is 0. The Bertz CT molecular complexity index is 620. The second-order valence-electron chi connectivity index (χ2n) is 4.80. The van der Waals surface area contributed by atoms with Gasteiger partial charge in [-0.3, -0.25) is 0 Å². The zero-order valence-corrected chi connectivity index (χ0v) is 11.5. The molecule has 0 saturated heterocycles. The quantitative estimate of drug-likeness (QED) is 0.595. The molecule has 0 unspecified atom stereocenters. The van der Waals surface area contributed by atoms with Crippen molar-refractivity contribution in [2.24, 2.45) is 0 Å². The highest BCUT2D eigenvalue weighted by atomic mass is 14.0. The van der Waals surface area contributed by atoms with E-state index in [-0.39, 0.29) is 0 Å². The topological polar surface area (TPSA) is 0 Å². The lowest BCUT2D eigenvalue weighted by atomic mass is 9.99. The van der Waals surface area contributed by atoms with Crippen molar-refractivity contribution in [1.29, 1.82) is 0 Å². The van der Waals surface area contributed by atoms with Crippen LogP contribution >= 0.6 is 0 Å². The molecule has 0 heteroatoms. The third-order valence-corrected chi connectivity index (χ3v) is 3.45. The third kappa shape index (κ3) is 2.63. The molecule has 0 aromatic heterocycles. The maximum atomic E-state index is 3.27. The number of benzene rings is 2. The highest BCUT2D eigenvalue weighted by Crippen LogP contribution is 2.16. The van der Waals surface area contributed by atoms with Gasteiger partial charge < -0.3 is 0 Å². The van der Waals surface area contributed by atoms with Crippen LogP contribution in [0.4, 0.5) is 0 Å². The molecule has 90 valence electrons. The summed E-state index contributed by atoms with van der Waals surface area (Å²) in [5.74, 6) is 6.49. The molecular weight excluding hydrogens is 216 g/mol. The molecule has 0 amide bonds. The molecule has 0 aliphatic heterocycles. The fraction of sp³-hybridized carbons (Fsp3) is 0.222. The minimum atomic E-state index is 1.07. The van der Waals surface area contributed by atoms with Gasteiger partial charge in [0.15, 0.2) is 0 Å². The summed E-state index contributed by atoms with van der Waals surface area (Å²) in [5.41, 5.74) is 7.41. The van der Waals surface area contributed by atoms with Gasteiger partial charge in [-0.05, 0) is 62.6 Å². The van der Waals surface area contributed by atoms with E-state index in [1.54, 1.807) is 0 Å². The highest BCUT2D eigenvalue weighted by molar-refractivity contribution is 5.50. The molecule has 18 heavy (non-hydrogen) atoms. The first-order chi connectivity index (χ1) is 8.58. The van der Waals surface area contributed by atoms with Crippen LogP contribution in [0.2, 0.25) is 0 Å². The van der Waals surface area contributed by atoms with E-state index in [1.807, 2.05) is 0 Å². The molecule has 0 saturated carbocycles. The molecule has 0 aliphatic carbocycles. The van der Waals surface area contributed by atoms with Crippen LogP contribution in [-0.4, -0.2) is 0 Å². The van der Waals surface area contributed by atoms with Crippen molar-refractivity contribution < 1.29 is 0 Å². The molecule has 2 aromatic carbocycles. The fourth-order valence-corrected chi connectivity index (χ4v) is 1.87. The number of rotatable bonds is 0. The predicted molar refractivity (Wildman–Crippen MR) is 77.8 cm³/mol. The zero-order valence-electron chi connectivity index (χ0n) is 11.5. The summed E-state index contributed by atoms with van der Waals surface area (Å²) in [4.78, 5) is 0. The van der Waals surface area contributed by atoms with Crippen molar-refractivity contribution in [2.75, 3.05) is 0 Å². The average Bonchev–Trinajstić information content (AvgIpc) is 2.37. The van der Waals surface area contributed by atoms with Gasteiger partial charge in [0.25, 0.3) is 0 Å². The van der Waals surface area contributed by atoms with Crippen molar-refractivity contribution in [3.05, 3.63) is 69.8 Å². The van der Waals surface area contributed by atoms with Gasteiger partial charge in [0.1, 0.15) is 0 Å². The summed E-state index contributed by atoms with van der Waals surface area (Å²) in [7, 11) is 0. The van der Waals surface area contributed by atoms with Crippen molar-refractivity contribution in [3.63, 3.8) is 0 Å². The first-order valence-corrected chi connectivity index (χ1v) is 6.23.